The van der Waals surface area contributed by atoms with Crippen LogP contribution in [0.2, 0.25) is 0 Å². The molecule has 0 saturated carbocycles. The molecule has 1 aliphatic carbocycles. The predicted octanol–water partition coefficient (Wildman–Crippen LogP) is 19.2. The third-order valence-corrected chi connectivity index (χ3v) is 17.1. The van der Waals surface area contributed by atoms with Crippen LogP contribution < -0.4 is 37.9 Å². The van der Waals surface area contributed by atoms with E-state index in [-0.39, 0.29) is 23.7 Å². The zero-order chi connectivity index (χ0) is 54.1. The molecule has 8 bridgehead atoms. The molecule has 4 heterocycles. The van der Waals surface area contributed by atoms with E-state index in [0.717, 1.165) is 190 Å². The summed E-state index contributed by atoms with van der Waals surface area (Å²) in [5, 5.41) is 0. The summed E-state index contributed by atoms with van der Waals surface area (Å²) in [5.41, 5.74) is 12.5. The van der Waals surface area contributed by atoms with Crippen molar-refractivity contribution in [2.45, 2.75) is 154 Å². The van der Waals surface area contributed by atoms with Gasteiger partial charge >= 0.3 is 0 Å². The maximum atomic E-state index is 7.39. The molecule has 408 valence electrons. The Balaban J connectivity index is 1.18. The minimum Gasteiger partial charge on any atom is -0.450 e. The van der Waals surface area contributed by atoms with Crippen molar-refractivity contribution in [2.24, 2.45) is 0 Å². The minimum atomic E-state index is -0.813. The summed E-state index contributed by atoms with van der Waals surface area (Å²) in [7, 11) is 0. The molecule has 0 amide bonds. The number of ether oxygens (including phenoxy) is 8. The van der Waals surface area contributed by atoms with E-state index in [2.05, 4.69) is 125 Å². The lowest BCUT2D eigenvalue weighted by Gasteiger charge is -2.38. The Labute approximate surface area is 471 Å². The second-order valence-corrected chi connectivity index (χ2v) is 22.4. The molecule has 8 aromatic rings. The number of hydrogen-bond acceptors (Lipinski definition) is 8. The topological polar surface area (TPSA) is 73.8 Å². The van der Waals surface area contributed by atoms with Crippen molar-refractivity contribution in [3.05, 3.63) is 237 Å². The Morgan fingerprint density at radius 1 is 0.237 bits per heavy atom. The molecular weight excluding hydrogens is 993 g/mol. The largest absolute Gasteiger partial charge is 0.450 e. The predicted molar refractivity (Wildman–Crippen MR) is 313 cm³/mol. The zero-order valence-corrected chi connectivity index (χ0v) is 46.5. The van der Waals surface area contributed by atoms with Crippen LogP contribution >= 0.6 is 0 Å². The second-order valence-electron chi connectivity index (χ2n) is 22.4. The lowest BCUT2D eigenvalue weighted by atomic mass is 9.76. The van der Waals surface area contributed by atoms with E-state index in [1.54, 1.807) is 0 Å². The summed E-state index contributed by atoms with van der Waals surface area (Å²) >= 11 is 0. The fourth-order valence-corrected chi connectivity index (χ4v) is 12.9. The van der Waals surface area contributed by atoms with E-state index < -0.39 is 25.2 Å². The van der Waals surface area contributed by atoms with E-state index in [4.69, 9.17) is 37.9 Å². The zero-order valence-electron chi connectivity index (χ0n) is 46.5. The molecule has 0 saturated heterocycles. The summed E-state index contributed by atoms with van der Waals surface area (Å²) in [6.07, 6.45) is 8.28. The van der Waals surface area contributed by atoms with Gasteiger partial charge in [0, 0.05) is 115 Å². The van der Waals surface area contributed by atoms with Crippen molar-refractivity contribution in [1.29, 1.82) is 0 Å². The van der Waals surface area contributed by atoms with Crippen molar-refractivity contribution in [2.75, 3.05) is 0 Å². The molecular formula is C72H72O8. The molecule has 0 unspecified atom stereocenters. The molecule has 8 nitrogen and oxygen atoms in total. The van der Waals surface area contributed by atoms with Crippen LogP contribution in [0.3, 0.4) is 0 Å². The van der Waals surface area contributed by atoms with Gasteiger partial charge in [0.2, 0.25) is 0 Å². The molecule has 0 atom stereocenters. The Morgan fingerprint density at radius 3 is 0.575 bits per heavy atom. The third kappa shape index (κ3) is 9.89. The van der Waals surface area contributed by atoms with E-state index >= 15 is 0 Å². The van der Waals surface area contributed by atoms with Crippen molar-refractivity contribution in [3.63, 3.8) is 0 Å². The summed E-state index contributed by atoms with van der Waals surface area (Å²) in [4.78, 5) is 0. The lowest BCUT2D eigenvalue weighted by molar-refractivity contribution is -0.0120. The molecule has 8 aromatic carbocycles. The molecule has 0 radical (unpaired) electrons. The van der Waals surface area contributed by atoms with Crippen LogP contribution in [0.25, 0.3) is 0 Å². The smallest absolute Gasteiger partial charge is 0.267 e. The van der Waals surface area contributed by atoms with E-state index in [1.165, 1.54) is 0 Å². The quantitative estimate of drug-likeness (QED) is 0.0948. The van der Waals surface area contributed by atoms with Gasteiger partial charge in [-0.15, -0.1) is 0 Å². The van der Waals surface area contributed by atoms with E-state index in [0.29, 0.717) is 0 Å². The van der Waals surface area contributed by atoms with Gasteiger partial charge in [-0.05, 0) is 49.9 Å². The van der Waals surface area contributed by atoms with Crippen molar-refractivity contribution >= 4 is 0 Å². The standard InChI is InChI=1S/C72H72O8/c1-5-9-33-49-53-37-55-50(34-10-6-2)57-39-59-52(36-12-8-4)60-40-58-51(35-11-7-3)56-38-54(49)62-42-64(56)76-71(47-29-21-15-22-30-47)78-66(58)44-68(60)80-72(48-31-23-16-24-32-48)79-67(59)43-65(57)77-70(46-27-19-14-20-28-46)75-63(55)41-61(53)73-69(74-62)45-25-17-13-18-26-45/h13-32,37-44,49-52,69-72H,5-12,33-36H2,1-4H3. The Bertz CT molecular complexity index is 2880. The molecule has 4 aliphatic heterocycles. The van der Waals surface area contributed by atoms with Gasteiger partial charge in [-0.1, -0.05) is 200 Å². The third-order valence-electron chi connectivity index (χ3n) is 17.1. The van der Waals surface area contributed by atoms with Crippen LogP contribution in [0.5, 0.6) is 46.0 Å². The van der Waals surface area contributed by atoms with E-state index in [1.807, 2.05) is 72.8 Å². The molecule has 0 fully saturated rings. The Hall–Kier alpha value is -7.84. The lowest BCUT2D eigenvalue weighted by Crippen LogP contribution is -2.26. The van der Waals surface area contributed by atoms with Gasteiger partial charge in [0.25, 0.3) is 25.2 Å². The van der Waals surface area contributed by atoms with Crippen LogP contribution in [0.1, 0.15) is 220 Å². The molecule has 0 spiro atoms. The fraction of sp³-hybridized carbons (Fsp3) is 0.333. The van der Waals surface area contributed by atoms with Gasteiger partial charge in [0.1, 0.15) is 46.0 Å². The highest BCUT2D eigenvalue weighted by Gasteiger charge is 2.41. The summed E-state index contributed by atoms with van der Waals surface area (Å²) in [6, 6.07) is 59.6. The monoisotopic (exact) mass is 1060 g/mol. The van der Waals surface area contributed by atoms with Crippen molar-refractivity contribution in [3.8, 4) is 46.0 Å². The number of unbranched alkanes of at least 4 members (excludes halogenated alkanes) is 4. The first-order chi connectivity index (χ1) is 39.5. The number of rotatable bonds is 16. The highest BCUT2D eigenvalue weighted by Crippen LogP contribution is 2.58. The van der Waals surface area contributed by atoms with Gasteiger partial charge in [-0.25, -0.2) is 0 Å². The fourth-order valence-electron chi connectivity index (χ4n) is 12.9. The average molecular weight is 1070 g/mol. The van der Waals surface area contributed by atoms with Crippen LogP contribution in [0.4, 0.5) is 0 Å². The molecule has 5 aliphatic rings. The van der Waals surface area contributed by atoms with Gasteiger partial charge in [-0.2, -0.15) is 0 Å². The molecule has 0 N–H and O–H groups in total. The van der Waals surface area contributed by atoms with Gasteiger partial charge in [0.05, 0.1) is 0 Å². The number of benzene rings is 8. The molecule has 8 heteroatoms. The first kappa shape index (κ1) is 51.6. The van der Waals surface area contributed by atoms with E-state index in [9.17, 15) is 0 Å². The van der Waals surface area contributed by atoms with Crippen molar-refractivity contribution in [1.82, 2.24) is 0 Å². The maximum Gasteiger partial charge on any atom is 0.267 e. The van der Waals surface area contributed by atoms with Crippen LogP contribution in [-0.2, 0) is 0 Å². The van der Waals surface area contributed by atoms with Crippen molar-refractivity contribution < 1.29 is 37.9 Å². The van der Waals surface area contributed by atoms with Gasteiger partial charge in [-0.3, -0.25) is 0 Å². The molecule has 13 rings (SSSR count). The maximum absolute atomic E-state index is 7.39. The highest BCUT2D eigenvalue weighted by atomic mass is 16.7. The summed E-state index contributed by atoms with van der Waals surface area (Å²) < 4.78 is 59.1. The number of hydrogen-bond donors (Lipinski definition) is 0. The highest BCUT2D eigenvalue weighted by molar-refractivity contribution is 5.65. The summed E-state index contributed by atoms with van der Waals surface area (Å²) in [5.74, 6) is 5.39. The second kappa shape index (κ2) is 22.7. The van der Waals surface area contributed by atoms with Crippen LogP contribution in [-0.4, -0.2) is 0 Å². The van der Waals surface area contributed by atoms with Gasteiger partial charge in [0.15, 0.2) is 0 Å². The SMILES string of the molecule is CCCCC1c2cc3c4cc2OC(c2ccccc2)Oc2cc5c(cc21)C(CCCC)c1cc2c(cc1OC(c1ccccc1)O5)OC(c1ccccc1)Oc1cc(c(cc1C2CCCC)C3CCCC)OC(c1ccccc1)O4. The van der Waals surface area contributed by atoms with Crippen LogP contribution in [0, 0.1) is 0 Å². The first-order valence-electron chi connectivity index (χ1n) is 29.7. The normalized spacial score (nSPS) is 21.6. The van der Waals surface area contributed by atoms with Gasteiger partial charge < -0.3 is 37.9 Å². The summed E-state index contributed by atoms with van der Waals surface area (Å²) in [6.45, 7) is 9.12. The van der Waals surface area contributed by atoms with Crippen LogP contribution in [0.15, 0.2) is 170 Å². The Morgan fingerprint density at radius 2 is 0.412 bits per heavy atom. The first-order valence-corrected chi connectivity index (χ1v) is 29.7. The Kier molecular flexibility index (Phi) is 14.7. The average Bonchev–Trinajstić information content (AvgIpc) is 3.51. The molecule has 80 heavy (non-hydrogen) atoms. The molecule has 0 aromatic heterocycles. The minimum absolute atomic E-state index is 0.118.